The summed E-state index contributed by atoms with van der Waals surface area (Å²) >= 11 is 0. The van der Waals surface area contributed by atoms with E-state index in [1.165, 1.54) is 5.56 Å². The topological polar surface area (TPSA) is 21.3 Å². The highest BCUT2D eigenvalue weighted by atomic mass is 16.5. The smallest absolute Gasteiger partial charge is 0.119 e. The van der Waals surface area contributed by atoms with Gasteiger partial charge in [0.15, 0.2) is 0 Å². The van der Waals surface area contributed by atoms with Crippen molar-refractivity contribution in [3.05, 3.63) is 29.8 Å². The van der Waals surface area contributed by atoms with Gasteiger partial charge in [-0.15, -0.1) is 0 Å². The molecule has 0 aromatic heterocycles. The average molecular weight is 249 g/mol. The molecular weight excluding hydrogens is 222 g/mol. The van der Waals surface area contributed by atoms with Crippen LogP contribution in [0, 0.1) is 5.41 Å². The normalized spacial score (nSPS) is 13.4. The number of ether oxygens (including phenoxy) is 1. The highest BCUT2D eigenvalue weighted by Gasteiger charge is 2.18. The van der Waals surface area contributed by atoms with Crippen LogP contribution in [0.5, 0.6) is 5.75 Å². The van der Waals surface area contributed by atoms with Crippen molar-refractivity contribution in [2.24, 2.45) is 5.41 Å². The van der Waals surface area contributed by atoms with E-state index < -0.39 is 0 Å². The Morgan fingerprint density at radius 2 is 1.78 bits per heavy atom. The van der Waals surface area contributed by atoms with E-state index in [0.717, 1.165) is 25.3 Å². The third-order valence-corrected chi connectivity index (χ3v) is 3.31. The van der Waals surface area contributed by atoms with Crippen molar-refractivity contribution in [1.82, 2.24) is 5.32 Å². The Kier molecular flexibility index (Phi) is 5.67. The molecule has 0 spiro atoms. The van der Waals surface area contributed by atoms with Gasteiger partial charge in [-0.05, 0) is 36.5 Å². The fourth-order valence-electron chi connectivity index (χ4n) is 1.50. The summed E-state index contributed by atoms with van der Waals surface area (Å²) in [5, 5.41) is 3.56. The van der Waals surface area contributed by atoms with E-state index in [0.29, 0.717) is 11.5 Å². The van der Waals surface area contributed by atoms with Gasteiger partial charge in [0, 0.05) is 12.6 Å². The van der Waals surface area contributed by atoms with Gasteiger partial charge in [0.05, 0.1) is 6.61 Å². The van der Waals surface area contributed by atoms with Gasteiger partial charge in [0.1, 0.15) is 5.75 Å². The van der Waals surface area contributed by atoms with Crippen molar-refractivity contribution in [3.8, 4) is 5.75 Å². The van der Waals surface area contributed by atoms with Crippen molar-refractivity contribution in [3.63, 3.8) is 0 Å². The summed E-state index contributed by atoms with van der Waals surface area (Å²) in [5.74, 6) is 0.962. The van der Waals surface area contributed by atoms with Crippen LogP contribution in [-0.2, 0) is 6.54 Å². The minimum Gasteiger partial charge on any atom is -0.494 e. The fraction of sp³-hybridized carbons (Fsp3) is 0.625. The molecule has 0 fully saturated rings. The second-order valence-corrected chi connectivity index (χ2v) is 5.96. The highest BCUT2D eigenvalue weighted by molar-refractivity contribution is 5.27. The molecule has 0 aliphatic carbocycles. The van der Waals surface area contributed by atoms with Gasteiger partial charge in [0.2, 0.25) is 0 Å². The Labute approximate surface area is 112 Å². The maximum absolute atomic E-state index is 5.57. The van der Waals surface area contributed by atoms with E-state index in [2.05, 4.69) is 64.2 Å². The summed E-state index contributed by atoms with van der Waals surface area (Å²) in [6.45, 7) is 12.8. The van der Waals surface area contributed by atoms with Crippen LogP contribution in [0.15, 0.2) is 24.3 Å². The summed E-state index contributed by atoms with van der Waals surface area (Å²) in [6, 6.07) is 8.86. The number of nitrogens with one attached hydrogen (secondary N) is 1. The molecule has 0 aliphatic heterocycles. The molecule has 1 N–H and O–H groups in total. The molecule has 102 valence electrons. The molecule has 1 aromatic rings. The van der Waals surface area contributed by atoms with Gasteiger partial charge in [-0.25, -0.2) is 0 Å². The standard InChI is InChI=1S/C16H27NO/c1-6-11-18-15-9-7-14(8-10-15)12-17-13(2)16(3,4)5/h7-10,13,17H,6,11-12H2,1-5H3. The Balaban J connectivity index is 2.44. The third kappa shape index (κ3) is 5.09. The van der Waals surface area contributed by atoms with Crippen LogP contribution in [0.3, 0.4) is 0 Å². The van der Waals surface area contributed by atoms with Crippen molar-refractivity contribution in [1.29, 1.82) is 0 Å². The second kappa shape index (κ2) is 6.79. The average Bonchev–Trinajstić information content (AvgIpc) is 2.33. The summed E-state index contributed by atoms with van der Waals surface area (Å²) < 4.78 is 5.57. The van der Waals surface area contributed by atoms with Crippen molar-refractivity contribution < 1.29 is 4.74 Å². The number of rotatable bonds is 6. The molecule has 2 heteroatoms. The molecule has 0 saturated heterocycles. The summed E-state index contributed by atoms with van der Waals surface area (Å²) in [5.41, 5.74) is 1.60. The molecule has 1 aromatic carbocycles. The van der Waals surface area contributed by atoms with Crippen LogP contribution in [0.2, 0.25) is 0 Å². The van der Waals surface area contributed by atoms with Gasteiger partial charge >= 0.3 is 0 Å². The minimum absolute atomic E-state index is 0.296. The number of hydrogen-bond acceptors (Lipinski definition) is 2. The van der Waals surface area contributed by atoms with Gasteiger partial charge in [-0.3, -0.25) is 0 Å². The Bertz CT molecular complexity index is 337. The lowest BCUT2D eigenvalue weighted by molar-refractivity contribution is 0.285. The highest BCUT2D eigenvalue weighted by Crippen LogP contribution is 2.19. The predicted octanol–water partition coefficient (Wildman–Crippen LogP) is 4.00. The molecule has 0 bridgehead atoms. The predicted molar refractivity (Wildman–Crippen MR) is 78.0 cm³/mol. The van der Waals surface area contributed by atoms with E-state index in [1.54, 1.807) is 0 Å². The van der Waals surface area contributed by atoms with Gasteiger partial charge in [-0.2, -0.15) is 0 Å². The first-order valence-electron chi connectivity index (χ1n) is 6.88. The van der Waals surface area contributed by atoms with Crippen molar-refractivity contribution in [2.45, 2.75) is 53.6 Å². The van der Waals surface area contributed by atoms with Crippen LogP contribution in [0.4, 0.5) is 0 Å². The van der Waals surface area contributed by atoms with Crippen LogP contribution < -0.4 is 10.1 Å². The molecular formula is C16H27NO. The maximum atomic E-state index is 5.57. The SMILES string of the molecule is CCCOc1ccc(CNC(C)C(C)(C)C)cc1. The molecule has 2 nitrogen and oxygen atoms in total. The molecule has 1 rings (SSSR count). The molecule has 1 unspecified atom stereocenters. The molecule has 0 saturated carbocycles. The molecule has 0 radical (unpaired) electrons. The monoisotopic (exact) mass is 249 g/mol. The van der Waals surface area contributed by atoms with Crippen molar-refractivity contribution >= 4 is 0 Å². The zero-order valence-corrected chi connectivity index (χ0v) is 12.4. The molecule has 0 amide bonds. The third-order valence-electron chi connectivity index (χ3n) is 3.31. The first-order chi connectivity index (χ1) is 8.43. The lowest BCUT2D eigenvalue weighted by Crippen LogP contribution is -2.37. The van der Waals surface area contributed by atoms with E-state index >= 15 is 0 Å². The Morgan fingerprint density at radius 3 is 2.28 bits per heavy atom. The largest absolute Gasteiger partial charge is 0.494 e. The quantitative estimate of drug-likeness (QED) is 0.823. The molecule has 0 heterocycles. The van der Waals surface area contributed by atoms with E-state index in [1.807, 2.05) is 0 Å². The van der Waals surface area contributed by atoms with Gasteiger partial charge < -0.3 is 10.1 Å². The van der Waals surface area contributed by atoms with Crippen LogP contribution in [0.25, 0.3) is 0 Å². The fourth-order valence-corrected chi connectivity index (χ4v) is 1.50. The molecule has 1 atom stereocenters. The van der Waals surface area contributed by atoms with E-state index in [4.69, 9.17) is 4.74 Å². The first kappa shape index (κ1) is 15.0. The summed E-state index contributed by atoms with van der Waals surface area (Å²) in [4.78, 5) is 0. The van der Waals surface area contributed by atoms with E-state index in [-0.39, 0.29) is 0 Å². The Hall–Kier alpha value is -1.02. The van der Waals surface area contributed by atoms with E-state index in [9.17, 15) is 0 Å². The lowest BCUT2D eigenvalue weighted by atomic mass is 9.88. The summed E-state index contributed by atoms with van der Waals surface area (Å²) in [6.07, 6.45) is 1.05. The molecule has 0 aliphatic rings. The van der Waals surface area contributed by atoms with Gasteiger partial charge in [0.25, 0.3) is 0 Å². The number of hydrogen-bond donors (Lipinski definition) is 1. The molecule has 18 heavy (non-hydrogen) atoms. The first-order valence-corrected chi connectivity index (χ1v) is 6.88. The van der Waals surface area contributed by atoms with Crippen LogP contribution in [0.1, 0.15) is 46.6 Å². The van der Waals surface area contributed by atoms with Gasteiger partial charge in [-0.1, -0.05) is 39.8 Å². The zero-order valence-electron chi connectivity index (χ0n) is 12.4. The Morgan fingerprint density at radius 1 is 1.17 bits per heavy atom. The lowest BCUT2D eigenvalue weighted by Gasteiger charge is -2.28. The van der Waals surface area contributed by atoms with Crippen LogP contribution in [-0.4, -0.2) is 12.6 Å². The van der Waals surface area contributed by atoms with Crippen molar-refractivity contribution in [2.75, 3.05) is 6.61 Å². The zero-order chi connectivity index (χ0) is 13.6. The minimum atomic E-state index is 0.296. The summed E-state index contributed by atoms with van der Waals surface area (Å²) in [7, 11) is 0. The number of benzene rings is 1. The van der Waals surface area contributed by atoms with Crippen LogP contribution >= 0.6 is 0 Å². The maximum Gasteiger partial charge on any atom is 0.119 e. The second-order valence-electron chi connectivity index (χ2n) is 5.96.